The van der Waals surface area contributed by atoms with Crippen LogP contribution in [0.1, 0.15) is 0 Å². The number of aromatic nitrogens is 1. The fraction of sp³-hybridized carbons (Fsp3) is 0.231. The van der Waals surface area contributed by atoms with Crippen molar-refractivity contribution < 1.29 is 13.9 Å². The van der Waals surface area contributed by atoms with Gasteiger partial charge in [0.05, 0.1) is 5.69 Å². The Hall–Kier alpha value is -2.50. The Bertz CT molecular complexity index is 636. The van der Waals surface area contributed by atoms with Crippen LogP contribution in [0.4, 0.5) is 11.7 Å². The van der Waals surface area contributed by atoms with Crippen LogP contribution in [0, 0.1) is 0 Å². The van der Waals surface area contributed by atoms with Gasteiger partial charge in [-0.2, -0.15) is 4.98 Å². The number of hydrogen-bond acceptors (Lipinski definition) is 5. The number of ether oxygens (including phenoxy) is 1. The minimum absolute atomic E-state index is 0.0688. The van der Waals surface area contributed by atoms with Crippen LogP contribution in [-0.4, -0.2) is 31.6 Å². The van der Waals surface area contributed by atoms with E-state index < -0.39 is 0 Å². The van der Waals surface area contributed by atoms with E-state index in [4.69, 9.17) is 9.15 Å². The SMILES string of the molecule is CNc1nc(-c2ccc3c(c2)N(C)C(=O)CO3)co1. The van der Waals surface area contributed by atoms with E-state index in [-0.39, 0.29) is 12.5 Å². The van der Waals surface area contributed by atoms with Crippen molar-refractivity contribution in [1.29, 1.82) is 0 Å². The Morgan fingerprint density at radius 2 is 2.26 bits per heavy atom. The second-order valence-electron chi connectivity index (χ2n) is 4.21. The first-order valence-electron chi connectivity index (χ1n) is 5.86. The molecule has 0 atom stereocenters. The Kier molecular flexibility index (Phi) is 2.63. The van der Waals surface area contributed by atoms with Gasteiger partial charge in [0.2, 0.25) is 0 Å². The summed E-state index contributed by atoms with van der Waals surface area (Å²) in [5, 5.41) is 2.83. The summed E-state index contributed by atoms with van der Waals surface area (Å²) >= 11 is 0. The van der Waals surface area contributed by atoms with E-state index in [1.165, 1.54) is 0 Å². The molecule has 0 bridgehead atoms. The zero-order valence-electron chi connectivity index (χ0n) is 10.6. The lowest BCUT2D eigenvalue weighted by Gasteiger charge is -2.26. The molecule has 0 spiro atoms. The van der Waals surface area contributed by atoms with Gasteiger partial charge in [0.25, 0.3) is 11.9 Å². The lowest BCUT2D eigenvalue weighted by molar-refractivity contribution is -0.120. The minimum atomic E-state index is -0.0688. The van der Waals surface area contributed by atoms with E-state index in [1.807, 2.05) is 18.2 Å². The molecule has 0 fully saturated rings. The molecular weight excluding hydrogens is 246 g/mol. The molecule has 3 rings (SSSR count). The van der Waals surface area contributed by atoms with Crippen molar-refractivity contribution in [3.8, 4) is 17.0 Å². The molecule has 98 valence electrons. The number of amides is 1. The second kappa shape index (κ2) is 4.31. The average Bonchev–Trinajstić information content (AvgIpc) is 2.92. The van der Waals surface area contributed by atoms with Crippen LogP contribution in [-0.2, 0) is 4.79 Å². The van der Waals surface area contributed by atoms with E-state index in [0.717, 1.165) is 11.3 Å². The highest BCUT2D eigenvalue weighted by Crippen LogP contribution is 2.35. The number of likely N-dealkylation sites (N-methyl/N-ethyl adjacent to an activating group) is 1. The number of rotatable bonds is 2. The monoisotopic (exact) mass is 259 g/mol. The van der Waals surface area contributed by atoms with Crippen molar-refractivity contribution in [3.63, 3.8) is 0 Å². The van der Waals surface area contributed by atoms with E-state index in [2.05, 4.69) is 10.3 Å². The van der Waals surface area contributed by atoms with Crippen molar-refractivity contribution in [1.82, 2.24) is 4.98 Å². The molecule has 0 saturated heterocycles. The van der Waals surface area contributed by atoms with Crippen LogP contribution < -0.4 is 15.0 Å². The fourth-order valence-electron chi connectivity index (χ4n) is 1.95. The van der Waals surface area contributed by atoms with E-state index in [0.29, 0.717) is 17.5 Å². The van der Waals surface area contributed by atoms with Crippen LogP contribution in [0.5, 0.6) is 5.75 Å². The van der Waals surface area contributed by atoms with E-state index >= 15 is 0 Å². The standard InChI is InChI=1S/C13H13N3O3/c1-14-13-15-9(6-19-13)8-3-4-11-10(5-8)16(2)12(17)7-18-11/h3-6H,7H2,1-2H3,(H,14,15). The van der Waals surface area contributed by atoms with E-state index in [9.17, 15) is 4.79 Å². The van der Waals surface area contributed by atoms with Crippen molar-refractivity contribution in [2.75, 3.05) is 30.9 Å². The van der Waals surface area contributed by atoms with Crippen LogP contribution in [0.15, 0.2) is 28.9 Å². The highest BCUT2D eigenvalue weighted by molar-refractivity contribution is 5.98. The first kappa shape index (κ1) is 11.6. The highest BCUT2D eigenvalue weighted by Gasteiger charge is 2.22. The first-order chi connectivity index (χ1) is 9.19. The van der Waals surface area contributed by atoms with Gasteiger partial charge in [-0.15, -0.1) is 0 Å². The molecule has 6 nitrogen and oxygen atoms in total. The fourth-order valence-corrected chi connectivity index (χ4v) is 1.95. The molecule has 1 amide bonds. The van der Waals surface area contributed by atoms with Crippen LogP contribution in [0.25, 0.3) is 11.3 Å². The maximum absolute atomic E-state index is 11.6. The van der Waals surface area contributed by atoms with Crippen LogP contribution in [0.3, 0.4) is 0 Å². The number of nitrogens with one attached hydrogen (secondary N) is 1. The van der Waals surface area contributed by atoms with Gasteiger partial charge in [0.15, 0.2) is 6.61 Å². The van der Waals surface area contributed by atoms with Gasteiger partial charge in [0.1, 0.15) is 17.7 Å². The van der Waals surface area contributed by atoms with E-state index in [1.54, 1.807) is 25.3 Å². The maximum atomic E-state index is 11.6. The maximum Gasteiger partial charge on any atom is 0.294 e. The van der Waals surface area contributed by atoms with Gasteiger partial charge in [-0.1, -0.05) is 0 Å². The molecule has 6 heteroatoms. The van der Waals surface area contributed by atoms with Gasteiger partial charge >= 0.3 is 0 Å². The molecule has 1 aromatic carbocycles. The Balaban J connectivity index is 2.03. The molecule has 2 heterocycles. The normalized spacial score (nSPS) is 14.0. The van der Waals surface area contributed by atoms with Gasteiger partial charge in [-0.3, -0.25) is 4.79 Å². The second-order valence-corrected chi connectivity index (χ2v) is 4.21. The molecule has 1 N–H and O–H groups in total. The summed E-state index contributed by atoms with van der Waals surface area (Å²) in [6, 6.07) is 6.04. The number of hydrogen-bond donors (Lipinski definition) is 1. The summed E-state index contributed by atoms with van der Waals surface area (Å²) in [6.07, 6.45) is 1.57. The minimum Gasteiger partial charge on any atom is -0.482 e. The molecule has 1 aliphatic heterocycles. The first-order valence-corrected chi connectivity index (χ1v) is 5.86. The number of anilines is 2. The zero-order valence-corrected chi connectivity index (χ0v) is 10.6. The molecular formula is C13H13N3O3. The Morgan fingerprint density at radius 3 is 3.00 bits per heavy atom. The summed E-state index contributed by atoms with van der Waals surface area (Å²) < 4.78 is 10.6. The van der Waals surface area contributed by atoms with Gasteiger partial charge in [-0.05, 0) is 18.2 Å². The molecule has 2 aromatic rings. The molecule has 1 aromatic heterocycles. The summed E-state index contributed by atoms with van der Waals surface area (Å²) in [5.74, 6) is 0.629. The third kappa shape index (κ3) is 1.91. The van der Waals surface area contributed by atoms with Crippen LogP contribution in [0.2, 0.25) is 0 Å². The highest BCUT2D eigenvalue weighted by atomic mass is 16.5. The third-order valence-electron chi connectivity index (χ3n) is 3.06. The largest absolute Gasteiger partial charge is 0.482 e. The molecule has 19 heavy (non-hydrogen) atoms. The van der Waals surface area contributed by atoms with Gasteiger partial charge < -0.3 is 19.4 Å². The topological polar surface area (TPSA) is 67.6 Å². The number of carbonyl (C=O) groups excluding carboxylic acids is 1. The molecule has 0 saturated carbocycles. The predicted octanol–water partition coefficient (Wildman–Crippen LogP) is 1.74. The van der Waals surface area contributed by atoms with Crippen molar-refractivity contribution in [3.05, 3.63) is 24.5 Å². The summed E-state index contributed by atoms with van der Waals surface area (Å²) in [4.78, 5) is 17.5. The van der Waals surface area contributed by atoms with Crippen LogP contribution >= 0.6 is 0 Å². The smallest absolute Gasteiger partial charge is 0.294 e. The quantitative estimate of drug-likeness (QED) is 0.889. The van der Waals surface area contributed by atoms with Crippen molar-refractivity contribution >= 4 is 17.6 Å². The number of oxazole rings is 1. The number of benzene rings is 1. The van der Waals surface area contributed by atoms with Crippen molar-refractivity contribution in [2.45, 2.75) is 0 Å². The number of fused-ring (bicyclic) bond motifs is 1. The summed E-state index contributed by atoms with van der Waals surface area (Å²) in [6.45, 7) is 0.0801. The Morgan fingerprint density at radius 1 is 1.42 bits per heavy atom. The number of nitrogens with zero attached hydrogens (tertiary/aromatic N) is 2. The van der Waals surface area contributed by atoms with Gasteiger partial charge in [0, 0.05) is 19.7 Å². The zero-order chi connectivity index (χ0) is 13.4. The molecule has 1 aliphatic rings. The van der Waals surface area contributed by atoms with Gasteiger partial charge in [-0.25, -0.2) is 0 Å². The third-order valence-corrected chi connectivity index (χ3v) is 3.06. The predicted molar refractivity (Wildman–Crippen MR) is 70.4 cm³/mol. The number of carbonyl (C=O) groups is 1. The molecule has 0 unspecified atom stereocenters. The summed E-state index contributed by atoms with van der Waals surface area (Å²) in [5.41, 5.74) is 2.32. The van der Waals surface area contributed by atoms with Crippen molar-refractivity contribution in [2.24, 2.45) is 0 Å². The molecule has 0 aliphatic carbocycles. The Labute approximate surface area is 110 Å². The summed E-state index contributed by atoms with van der Waals surface area (Å²) in [7, 11) is 3.47. The lowest BCUT2D eigenvalue weighted by atomic mass is 10.1. The lowest BCUT2D eigenvalue weighted by Crippen LogP contribution is -2.35. The average molecular weight is 259 g/mol. The molecule has 0 radical (unpaired) electrons.